The molecule has 8 heteroatoms. The Balaban J connectivity index is 1.50. The normalized spacial score (nSPS) is 12.5. The number of para-hydroxylation sites is 1. The van der Waals surface area contributed by atoms with Gasteiger partial charge in [-0.15, -0.1) is 0 Å². The van der Waals surface area contributed by atoms with Crippen molar-refractivity contribution in [3.63, 3.8) is 0 Å². The van der Waals surface area contributed by atoms with Gasteiger partial charge in [-0.2, -0.15) is 0 Å². The number of hydrogen-bond donors (Lipinski definition) is 0. The van der Waals surface area contributed by atoms with Crippen molar-refractivity contribution in [1.29, 1.82) is 0 Å². The number of aromatic nitrogens is 1. The van der Waals surface area contributed by atoms with Crippen molar-refractivity contribution in [1.82, 2.24) is 9.88 Å². The topological polar surface area (TPSA) is 64.1 Å². The minimum absolute atomic E-state index is 0.00202. The third-order valence-electron chi connectivity index (χ3n) is 5.27. The lowest BCUT2D eigenvalue weighted by Crippen LogP contribution is -2.39. The van der Waals surface area contributed by atoms with Gasteiger partial charge in [0.25, 0.3) is 0 Å². The third-order valence-corrected chi connectivity index (χ3v) is 6.31. The Bertz CT molecular complexity index is 979. The van der Waals surface area contributed by atoms with E-state index >= 15 is 0 Å². The monoisotopic (exact) mass is 441 g/mol. The van der Waals surface area contributed by atoms with Crippen molar-refractivity contribution in [3.05, 3.63) is 42.5 Å². The number of benzene rings is 2. The summed E-state index contributed by atoms with van der Waals surface area (Å²) in [6, 6.07) is 13.4. The van der Waals surface area contributed by atoms with E-state index in [1.165, 1.54) is 11.3 Å². The first-order chi connectivity index (χ1) is 15.2. The number of amides is 1. The molecular formula is C23H27N3O4S. The van der Waals surface area contributed by atoms with Crippen molar-refractivity contribution in [2.45, 2.75) is 20.3 Å². The zero-order valence-electron chi connectivity index (χ0n) is 17.9. The molecule has 1 aliphatic heterocycles. The number of fused-ring (bicyclic) bond motifs is 2. The maximum absolute atomic E-state index is 13.1. The second kappa shape index (κ2) is 9.98. The van der Waals surface area contributed by atoms with Crippen LogP contribution < -0.4 is 19.1 Å². The average molecular weight is 442 g/mol. The van der Waals surface area contributed by atoms with Gasteiger partial charge >= 0.3 is 0 Å². The van der Waals surface area contributed by atoms with Crippen LogP contribution in [0.4, 0.5) is 5.13 Å². The van der Waals surface area contributed by atoms with E-state index in [0.717, 1.165) is 41.3 Å². The lowest BCUT2D eigenvalue weighted by atomic mass is 10.3. The standard InChI is InChI=1S/C23H27N3O4S/c1-3-25(4-2)11-12-26(22(27)10-13-28-17-8-6-5-7-9-17)23-24-18-14-19-20(30-16-29-19)15-21(18)31-23/h5-9,14-15H,3-4,10-13,16H2,1-2H3. The van der Waals surface area contributed by atoms with E-state index in [9.17, 15) is 4.79 Å². The molecule has 0 fully saturated rings. The highest BCUT2D eigenvalue weighted by Crippen LogP contribution is 2.39. The van der Waals surface area contributed by atoms with Gasteiger partial charge in [0.1, 0.15) is 5.75 Å². The summed E-state index contributed by atoms with van der Waals surface area (Å²) < 4.78 is 17.7. The largest absolute Gasteiger partial charge is 0.493 e. The van der Waals surface area contributed by atoms with Crippen LogP contribution in [0.5, 0.6) is 17.2 Å². The van der Waals surface area contributed by atoms with Crippen molar-refractivity contribution in [2.75, 3.05) is 44.5 Å². The summed E-state index contributed by atoms with van der Waals surface area (Å²) in [5.41, 5.74) is 0.811. The van der Waals surface area contributed by atoms with Crippen molar-refractivity contribution < 1.29 is 19.0 Å². The molecule has 164 valence electrons. The Morgan fingerprint density at radius 3 is 2.58 bits per heavy atom. The molecule has 31 heavy (non-hydrogen) atoms. The highest BCUT2D eigenvalue weighted by molar-refractivity contribution is 7.22. The van der Waals surface area contributed by atoms with Crippen LogP contribution in [0.3, 0.4) is 0 Å². The first-order valence-corrected chi connectivity index (χ1v) is 11.4. The van der Waals surface area contributed by atoms with Crippen LogP contribution in [0, 0.1) is 0 Å². The number of anilines is 1. The summed E-state index contributed by atoms with van der Waals surface area (Å²) in [4.78, 5) is 22.0. The number of thiazole rings is 1. The van der Waals surface area contributed by atoms with Gasteiger partial charge in [-0.1, -0.05) is 43.4 Å². The molecule has 7 nitrogen and oxygen atoms in total. The minimum Gasteiger partial charge on any atom is -0.493 e. The molecule has 0 spiro atoms. The summed E-state index contributed by atoms with van der Waals surface area (Å²) in [5.74, 6) is 2.18. The van der Waals surface area contributed by atoms with Crippen LogP contribution in [-0.4, -0.2) is 55.4 Å². The maximum Gasteiger partial charge on any atom is 0.232 e. The fraction of sp³-hybridized carbons (Fsp3) is 0.391. The quantitative estimate of drug-likeness (QED) is 0.471. The summed E-state index contributed by atoms with van der Waals surface area (Å²) in [5, 5.41) is 0.690. The molecule has 0 aliphatic carbocycles. The van der Waals surface area contributed by atoms with Crippen LogP contribution in [0.25, 0.3) is 10.2 Å². The molecule has 0 bridgehead atoms. The number of ether oxygens (including phenoxy) is 3. The van der Waals surface area contributed by atoms with Crippen molar-refractivity contribution in [3.8, 4) is 17.2 Å². The molecule has 0 atom stereocenters. The highest BCUT2D eigenvalue weighted by Gasteiger charge is 2.22. The lowest BCUT2D eigenvalue weighted by molar-refractivity contribution is -0.119. The van der Waals surface area contributed by atoms with Gasteiger partial charge in [-0.25, -0.2) is 4.98 Å². The van der Waals surface area contributed by atoms with Crippen molar-refractivity contribution in [2.24, 2.45) is 0 Å². The van der Waals surface area contributed by atoms with Crippen LogP contribution in [0.2, 0.25) is 0 Å². The number of rotatable bonds is 10. The van der Waals surface area contributed by atoms with E-state index in [4.69, 9.17) is 19.2 Å². The van der Waals surface area contributed by atoms with Crippen molar-refractivity contribution >= 4 is 32.6 Å². The SMILES string of the molecule is CCN(CC)CCN(C(=O)CCOc1ccccc1)c1nc2cc3c(cc2s1)OCO3. The Morgan fingerprint density at radius 2 is 1.84 bits per heavy atom. The zero-order valence-corrected chi connectivity index (χ0v) is 18.7. The van der Waals surface area contributed by atoms with E-state index in [2.05, 4.69) is 18.7 Å². The van der Waals surface area contributed by atoms with Crippen LogP contribution in [0.15, 0.2) is 42.5 Å². The van der Waals surface area contributed by atoms with Gasteiger partial charge in [-0.3, -0.25) is 9.69 Å². The second-order valence-corrected chi connectivity index (χ2v) is 8.16. The molecular weight excluding hydrogens is 414 g/mol. The molecule has 0 saturated heterocycles. The Hall–Kier alpha value is -2.84. The van der Waals surface area contributed by atoms with Gasteiger partial charge in [0.15, 0.2) is 16.6 Å². The lowest BCUT2D eigenvalue weighted by Gasteiger charge is -2.24. The molecule has 1 amide bonds. The number of hydrogen-bond acceptors (Lipinski definition) is 7. The summed E-state index contributed by atoms with van der Waals surface area (Å²) in [7, 11) is 0. The van der Waals surface area contributed by atoms with E-state index in [0.29, 0.717) is 24.0 Å². The summed E-state index contributed by atoms with van der Waals surface area (Å²) >= 11 is 1.50. The number of carbonyl (C=O) groups excluding carboxylic acids is 1. The summed E-state index contributed by atoms with van der Waals surface area (Å²) in [6.45, 7) is 8.06. The van der Waals surface area contributed by atoms with Gasteiger partial charge in [0.2, 0.25) is 12.7 Å². The molecule has 4 rings (SSSR count). The van der Waals surface area contributed by atoms with Crippen LogP contribution in [0.1, 0.15) is 20.3 Å². The Labute approximate surface area is 186 Å². The predicted molar refractivity (Wildman–Crippen MR) is 122 cm³/mol. The Morgan fingerprint density at radius 1 is 1.10 bits per heavy atom. The molecule has 1 aliphatic rings. The first kappa shape index (κ1) is 21.4. The molecule has 0 radical (unpaired) electrons. The number of carbonyl (C=O) groups is 1. The van der Waals surface area contributed by atoms with E-state index in [1.807, 2.05) is 42.5 Å². The van der Waals surface area contributed by atoms with E-state index in [-0.39, 0.29) is 19.1 Å². The van der Waals surface area contributed by atoms with Gasteiger partial charge in [0, 0.05) is 25.2 Å². The van der Waals surface area contributed by atoms with E-state index in [1.54, 1.807) is 4.90 Å². The van der Waals surface area contributed by atoms with E-state index < -0.39 is 0 Å². The Kier molecular flexibility index (Phi) is 6.89. The molecule has 0 unspecified atom stereocenters. The van der Waals surface area contributed by atoms with Gasteiger partial charge in [-0.05, 0) is 25.2 Å². The fourth-order valence-electron chi connectivity index (χ4n) is 3.44. The van der Waals surface area contributed by atoms with Crippen LogP contribution >= 0.6 is 11.3 Å². The van der Waals surface area contributed by atoms with Crippen LogP contribution in [-0.2, 0) is 4.79 Å². The maximum atomic E-state index is 13.1. The minimum atomic E-state index is 0.00202. The first-order valence-electron chi connectivity index (χ1n) is 10.6. The highest BCUT2D eigenvalue weighted by atomic mass is 32.1. The number of nitrogens with zero attached hydrogens (tertiary/aromatic N) is 3. The average Bonchev–Trinajstić information content (AvgIpc) is 3.41. The number of likely N-dealkylation sites (N-methyl/N-ethyl adjacent to an activating group) is 1. The molecule has 1 aromatic heterocycles. The fourth-order valence-corrected chi connectivity index (χ4v) is 4.46. The molecule has 3 aromatic rings. The summed E-state index contributed by atoms with van der Waals surface area (Å²) in [6.07, 6.45) is 0.284. The molecule has 2 heterocycles. The zero-order chi connectivity index (χ0) is 21.6. The van der Waals surface area contributed by atoms with Gasteiger partial charge < -0.3 is 19.1 Å². The third kappa shape index (κ3) is 5.08. The second-order valence-electron chi connectivity index (χ2n) is 7.15. The molecule has 0 saturated carbocycles. The van der Waals surface area contributed by atoms with Gasteiger partial charge in [0.05, 0.1) is 23.2 Å². The molecule has 0 N–H and O–H groups in total. The predicted octanol–water partition coefficient (Wildman–Crippen LogP) is 4.17. The smallest absolute Gasteiger partial charge is 0.232 e. The molecule has 2 aromatic carbocycles.